The van der Waals surface area contributed by atoms with Gasteiger partial charge in [-0.2, -0.15) is 18.1 Å². The number of hydrogen-bond donors (Lipinski definition) is 1. The number of fused-ring (bicyclic) bond motifs is 7. The average molecular weight is 677 g/mol. The predicted octanol–water partition coefficient (Wildman–Crippen LogP) is 7.25. The highest BCUT2D eigenvalue weighted by atomic mass is 79.9. The van der Waals surface area contributed by atoms with E-state index in [4.69, 9.17) is 18.9 Å². The molecule has 4 rings (SSSR count). The third kappa shape index (κ3) is 7.24. The molecular formula is C28H37BrF3N5O6. The van der Waals surface area contributed by atoms with Gasteiger partial charge in [0, 0.05) is 12.6 Å². The van der Waals surface area contributed by atoms with Crippen molar-refractivity contribution in [1.82, 2.24) is 15.2 Å². The van der Waals surface area contributed by atoms with Crippen molar-refractivity contribution in [1.29, 1.82) is 0 Å². The number of alkyl halides is 3. The Labute approximate surface area is 256 Å². The minimum atomic E-state index is -5.11. The van der Waals surface area contributed by atoms with Gasteiger partial charge in [-0.25, -0.2) is 14.6 Å². The summed E-state index contributed by atoms with van der Waals surface area (Å²) in [4.78, 5) is 34.4. The third-order valence-electron chi connectivity index (χ3n) is 7.01. The average Bonchev–Trinajstić information content (AvgIpc) is 3.51. The standard InChI is InChI=1S/C28H37BrF3N5O6/c1-25(2,3)42-23(38)37(24(39)43-26(4,5)6)18-15-17(29)20-33-19(18)21-34-35-22(41-21)27(40,28(30,31)32)13-9-7-8-11-16-12-10-14-36(16)20/h15-16,40H,7-14H2,1-6H3/t16-,27?/m1/s1. The van der Waals surface area contributed by atoms with E-state index in [1.807, 2.05) is 0 Å². The summed E-state index contributed by atoms with van der Waals surface area (Å²) in [6.45, 7) is 10.3. The van der Waals surface area contributed by atoms with Crippen LogP contribution < -0.4 is 9.80 Å². The highest BCUT2D eigenvalue weighted by Crippen LogP contribution is 2.45. The molecule has 0 spiro atoms. The summed E-state index contributed by atoms with van der Waals surface area (Å²) >= 11 is 3.53. The quantitative estimate of drug-likeness (QED) is 0.330. The van der Waals surface area contributed by atoms with Crippen LogP contribution in [0.2, 0.25) is 0 Å². The summed E-state index contributed by atoms with van der Waals surface area (Å²) in [6.07, 6.45) is -4.44. The van der Waals surface area contributed by atoms with Crippen LogP contribution in [-0.2, 0) is 15.1 Å². The highest BCUT2D eigenvalue weighted by molar-refractivity contribution is 9.10. The first-order valence-corrected chi connectivity index (χ1v) is 15.0. The van der Waals surface area contributed by atoms with Crippen molar-refractivity contribution in [2.45, 2.75) is 116 Å². The summed E-state index contributed by atoms with van der Waals surface area (Å²) in [5, 5.41) is 18.2. The topological polar surface area (TPSA) is 131 Å². The Balaban J connectivity index is 1.97. The van der Waals surface area contributed by atoms with E-state index in [1.54, 1.807) is 41.5 Å². The van der Waals surface area contributed by atoms with Crippen molar-refractivity contribution < 1.29 is 41.8 Å². The van der Waals surface area contributed by atoms with Crippen molar-refractivity contribution in [3.63, 3.8) is 0 Å². The number of aliphatic hydroxyl groups is 1. The van der Waals surface area contributed by atoms with Gasteiger partial charge in [0.05, 0.1) is 10.2 Å². The molecule has 0 saturated carbocycles. The summed E-state index contributed by atoms with van der Waals surface area (Å²) in [5.41, 5.74) is -5.96. The van der Waals surface area contributed by atoms with E-state index in [0.717, 1.165) is 12.8 Å². The smallest absolute Gasteiger partial charge is 0.426 e. The minimum Gasteiger partial charge on any atom is -0.443 e. The lowest BCUT2D eigenvalue weighted by molar-refractivity contribution is -0.277. The normalized spacial score (nSPS) is 21.6. The number of aromatic nitrogens is 3. The van der Waals surface area contributed by atoms with Gasteiger partial charge in [0.15, 0.2) is 5.69 Å². The van der Waals surface area contributed by atoms with Crippen LogP contribution in [-0.4, -0.2) is 62.4 Å². The lowest BCUT2D eigenvalue weighted by atomic mass is 9.94. The number of anilines is 2. The first kappa shape index (κ1) is 33.0. The molecule has 2 amide bonds. The molecule has 238 valence electrons. The van der Waals surface area contributed by atoms with Crippen LogP contribution in [0.1, 0.15) is 92.4 Å². The van der Waals surface area contributed by atoms with Gasteiger partial charge >= 0.3 is 18.4 Å². The second-order valence-electron chi connectivity index (χ2n) is 12.8. The van der Waals surface area contributed by atoms with Crippen LogP contribution in [0.3, 0.4) is 0 Å². The second-order valence-corrected chi connectivity index (χ2v) is 13.7. The number of rotatable bonds is 1. The number of carbonyl (C=O) groups is 2. The molecule has 15 heteroatoms. The molecule has 1 saturated heterocycles. The fraction of sp³-hybridized carbons (Fsp3) is 0.679. The first-order chi connectivity index (χ1) is 19.8. The highest BCUT2D eigenvalue weighted by Gasteiger charge is 2.58. The zero-order chi connectivity index (χ0) is 32.0. The van der Waals surface area contributed by atoms with E-state index in [1.165, 1.54) is 6.07 Å². The van der Waals surface area contributed by atoms with Gasteiger partial charge in [-0.1, -0.05) is 12.8 Å². The Morgan fingerprint density at radius 3 is 2.21 bits per heavy atom. The maximum Gasteiger partial charge on any atom is 0.426 e. The zero-order valence-corrected chi connectivity index (χ0v) is 26.6. The van der Waals surface area contributed by atoms with Gasteiger partial charge in [0.2, 0.25) is 5.60 Å². The molecule has 0 radical (unpaired) electrons. The third-order valence-corrected chi connectivity index (χ3v) is 7.59. The minimum absolute atomic E-state index is 0.0537. The van der Waals surface area contributed by atoms with Crippen LogP contribution in [0.5, 0.6) is 0 Å². The van der Waals surface area contributed by atoms with Crippen molar-refractivity contribution in [3.05, 3.63) is 16.4 Å². The monoisotopic (exact) mass is 675 g/mol. The second kappa shape index (κ2) is 11.9. The molecule has 2 atom stereocenters. The maximum absolute atomic E-state index is 14.2. The molecule has 2 aromatic rings. The molecule has 11 nitrogen and oxygen atoms in total. The zero-order valence-electron chi connectivity index (χ0n) is 25.0. The van der Waals surface area contributed by atoms with Crippen LogP contribution in [0, 0.1) is 0 Å². The summed E-state index contributed by atoms with van der Waals surface area (Å²) < 4.78 is 59.6. The SMILES string of the molecule is CC(C)(C)OC(=O)N(C(=O)OC(C)(C)C)c1cc(Br)c2nc1-c1nnc(o1)C(O)(C(F)(F)F)CCCCC[C@@H]1CCCN21. The van der Waals surface area contributed by atoms with Crippen molar-refractivity contribution in [2.24, 2.45) is 0 Å². The Morgan fingerprint density at radius 1 is 1.02 bits per heavy atom. The van der Waals surface area contributed by atoms with E-state index in [-0.39, 0.29) is 23.8 Å². The Hall–Kier alpha value is -2.94. The molecule has 43 heavy (non-hydrogen) atoms. The molecule has 1 unspecified atom stereocenters. The number of ether oxygens (including phenoxy) is 2. The van der Waals surface area contributed by atoms with Crippen LogP contribution in [0.25, 0.3) is 11.6 Å². The fourth-order valence-electron chi connectivity index (χ4n) is 5.09. The van der Waals surface area contributed by atoms with E-state index in [0.29, 0.717) is 41.0 Å². The number of imide groups is 1. The van der Waals surface area contributed by atoms with Gasteiger partial charge in [0.25, 0.3) is 11.8 Å². The Morgan fingerprint density at radius 2 is 1.63 bits per heavy atom. The molecule has 0 aliphatic carbocycles. The molecule has 2 aliphatic heterocycles. The summed E-state index contributed by atoms with van der Waals surface area (Å²) in [6, 6.07) is 1.48. The number of hydrogen-bond acceptors (Lipinski definition) is 10. The molecule has 0 aromatic carbocycles. The number of halogens is 4. The lowest BCUT2D eigenvalue weighted by Gasteiger charge is -2.31. The molecule has 4 heterocycles. The van der Waals surface area contributed by atoms with Crippen LogP contribution in [0.15, 0.2) is 15.0 Å². The van der Waals surface area contributed by atoms with Gasteiger partial charge in [0.1, 0.15) is 17.0 Å². The molecule has 1 N–H and O–H groups in total. The summed E-state index contributed by atoms with van der Waals surface area (Å²) in [7, 11) is 0. The van der Waals surface area contributed by atoms with Crippen LogP contribution in [0.4, 0.5) is 34.3 Å². The van der Waals surface area contributed by atoms with Gasteiger partial charge in [-0.3, -0.25) is 0 Å². The fourth-order valence-corrected chi connectivity index (χ4v) is 5.63. The lowest BCUT2D eigenvalue weighted by Crippen LogP contribution is -2.44. The van der Waals surface area contributed by atoms with Crippen molar-refractivity contribution in [2.75, 3.05) is 16.3 Å². The van der Waals surface area contributed by atoms with E-state index in [9.17, 15) is 27.9 Å². The predicted molar refractivity (Wildman–Crippen MR) is 154 cm³/mol. The van der Waals surface area contributed by atoms with Gasteiger partial charge in [-0.05, 0) is 95.6 Å². The van der Waals surface area contributed by atoms with E-state index < -0.39 is 53.4 Å². The van der Waals surface area contributed by atoms with Gasteiger partial charge in [-0.15, -0.1) is 10.2 Å². The maximum atomic E-state index is 14.2. The van der Waals surface area contributed by atoms with E-state index in [2.05, 4.69) is 31.0 Å². The molecule has 1 fully saturated rings. The van der Waals surface area contributed by atoms with Crippen LogP contribution >= 0.6 is 15.9 Å². The number of pyridine rings is 1. The van der Waals surface area contributed by atoms with Crippen molar-refractivity contribution in [3.8, 4) is 11.6 Å². The number of carbonyl (C=O) groups excluding carboxylic acids is 2. The Bertz CT molecular complexity index is 1330. The molecular weight excluding hydrogens is 639 g/mol. The largest absolute Gasteiger partial charge is 0.443 e. The number of nitrogens with zero attached hydrogens (tertiary/aromatic N) is 5. The molecule has 2 aliphatic rings. The van der Waals surface area contributed by atoms with E-state index >= 15 is 0 Å². The first-order valence-electron chi connectivity index (χ1n) is 14.2. The summed E-state index contributed by atoms with van der Waals surface area (Å²) in [5.74, 6) is -1.17. The molecule has 4 bridgehead atoms. The molecule has 2 aromatic heterocycles. The Kier molecular flexibility index (Phi) is 9.09. The van der Waals surface area contributed by atoms with Gasteiger partial charge < -0.3 is 23.9 Å². The number of amides is 2. The van der Waals surface area contributed by atoms with Crippen molar-refractivity contribution >= 4 is 39.6 Å².